The Hall–Kier alpha value is -3.07. The number of carbonyl (C=O) groups is 1. The number of benzene rings is 2. The quantitative estimate of drug-likeness (QED) is 0.300. The molecule has 1 unspecified atom stereocenters. The number of aromatic nitrogens is 1. The molecule has 0 amide bonds. The third-order valence-electron chi connectivity index (χ3n) is 8.98. The van der Waals surface area contributed by atoms with E-state index in [-0.39, 0.29) is 6.04 Å². The maximum absolute atomic E-state index is 12.4. The van der Waals surface area contributed by atoms with Crippen molar-refractivity contribution < 1.29 is 4.79 Å². The van der Waals surface area contributed by atoms with Crippen LogP contribution >= 0.6 is 0 Å². The highest BCUT2D eigenvalue weighted by atomic mass is 16.1. The minimum atomic E-state index is -0.517. The highest BCUT2D eigenvalue weighted by molar-refractivity contribution is 5.95. The van der Waals surface area contributed by atoms with Crippen LogP contribution in [0, 0.1) is 11.3 Å². The van der Waals surface area contributed by atoms with E-state index in [1.165, 1.54) is 48.4 Å². The van der Waals surface area contributed by atoms with Crippen LogP contribution in [0.15, 0.2) is 54.7 Å². The van der Waals surface area contributed by atoms with Gasteiger partial charge in [0.25, 0.3) is 0 Å². The summed E-state index contributed by atoms with van der Waals surface area (Å²) < 4.78 is 0. The molecule has 2 heterocycles. The number of nitrogens with zero attached hydrogens (tertiary/aromatic N) is 4. The molecular weight excluding hydrogens is 480 g/mol. The molecular formula is C34H44N4O. The van der Waals surface area contributed by atoms with Gasteiger partial charge in [0.2, 0.25) is 0 Å². The molecule has 2 aliphatic rings. The van der Waals surface area contributed by atoms with Gasteiger partial charge in [-0.15, -0.1) is 0 Å². The van der Waals surface area contributed by atoms with Gasteiger partial charge in [-0.3, -0.25) is 19.6 Å². The normalized spacial score (nSPS) is 18.7. The predicted octanol–water partition coefficient (Wildman–Crippen LogP) is 7.46. The molecule has 206 valence electrons. The fourth-order valence-corrected chi connectivity index (χ4v) is 6.60. The molecule has 2 aromatic carbocycles. The van der Waals surface area contributed by atoms with Gasteiger partial charge in [-0.1, -0.05) is 63.4 Å². The Kier molecular flexibility index (Phi) is 9.88. The number of hydrogen-bond donors (Lipinski definition) is 0. The lowest BCUT2D eigenvalue weighted by Gasteiger charge is -2.38. The monoisotopic (exact) mass is 524 g/mol. The van der Waals surface area contributed by atoms with E-state index in [0.29, 0.717) is 6.04 Å². The van der Waals surface area contributed by atoms with Gasteiger partial charge < -0.3 is 0 Å². The molecule has 2 fully saturated rings. The molecule has 1 aliphatic carbocycles. The lowest BCUT2D eigenvalue weighted by molar-refractivity contribution is 0.111. The fraction of sp³-hybridized carbons (Fsp3) is 0.500. The van der Waals surface area contributed by atoms with Crippen molar-refractivity contribution in [1.29, 1.82) is 5.26 Å². The molecule has 0 bridgehead atoms. The van der Waals surface area contributed by atoms with Gasteiger partial charge in [0.1, 0.15) is 11.7 Å². The summed E-state index contributed by atoms with van der Waals surface area (Å²) in [6.45, 7) is 8.69. The average Bonchev–Trinajstić information content (AvgIpc) is 3.02. The average molecular weight is 525 g/mol. The van der Waals surface area contributed by atoms with Crippen molar-refractivity contribution >= 4 is 17.1 Å². The van der Waals surface area contributed by atoms with Crippen molar-refractivity contribution in [3.8, 4) is 6.07 Å². The number of fused-ring (bicyclic) bond motifs is 1. The number of likely N-dealkylation sites (tertiary alicyclic amines) is 1. The van der Waals surface area contributed by atoms with Crippen LogP contribution in [-0.4, -0.2) is 47.2 Å². The largest absolute Gasteiger partial charge is 0.299 e. The van der Waals surface area contributed by atoms with Crippen LogP contribution in [0.1, 0.15) is 98.9 Å². The van der Waals surface area contributed by atoms with E-state index in [1.54, 1.807) is 6.20 Å². The second-order valence-electron chi connectivity index (χ2n) is 11.0. The van der Waals surface area contributed by atoms with Gasteiger partial charge in [-0.25, -0.2) is 0 Å². The zero-order chi connectivity index (χ0) is 27.8. The molecule has 0 radical (unpaired) electrons. The summed E-state index contributed by atoms with van der Waals surface area (Å²) in [4.78, 5) is 21.9. The maximum atomic E-state index is 12.4. The zero-order valence-corrected chi connectivity index (χ0v) is 24.2. The van der Waals surface area contributed by atoms with E-state index in [4.69, 9.17) is 0 Å². The van der Waals surface area contributed by atoms with Crippen molar-refractivity contribution in [2.75, 3.05) is 20.1 Å². The Morgan fingerprint density at radius 1 is 1.08 bits per heavy atom. The molecule has 1 aromatic heterocycles. The van der Waals surface area contributed by atoms with E-state index in [2.05, 4.69) is 65.2 Å². The molecule has 3 aromatic rings. The first kappa shape index (κ1) is 28.9. The van der Waals surface area contributed by atoms with E-state index in [0.717, 1.165) is 55.6 Å². The minimum absolute atomic E-state index is 0.173. The van der Waals surface area contributed by atoms with E-state index >= 15 is 0 Å². The van der Waals surface area contributed by atoms with Gasteiger partial charge >= 0.3 is 0 Å². The first-order valence-electron chi connectivity index (χ1n) is 14.8. The summed E-state index contributed by atoms with van der Waals surface area (Å²) in [5.74, 6) is 0. The van der Waals surface area contributed by atoms with Crippen molar-refractivity contribution in [3.05, 3.63) is 77.1 Å². The van der Waals surface area contributed by atoms with E-state index in [9.17, 15) is 10.1 Å². The SMILES string of the molecule is CC.CC(c1c(C=O)cc(CN2CCC(C#N)(c3ccccn3)CC2)c2ccccc12)N(C)C1CCCCC1. The van der Waals surface area contributed by atoms with Crippen molar-refractivity contribution in [2.45, 2.75) is 89.8 Å². The van der Waals surface area contributed by atoms with Gasteiger partial charge in [-0.05, 0) is 79.8 Å². The highest BCUT2D eigenvalue weighted by Crippen LogP contribution is 2.38. The lowest BCUT2D eigenvalue weighted by Crippen LogP contribution is -2.42. The van der Waals surface area contributed by atoms with Crippen LogP contribution in [0.3, 0.4) is 0 Å². The minimum Gasteiger partial charge on any atom is -0.299 e. The number of rotatable bonds is 7. The van der Waals surface area contributed by atoms with Gasteiger partial charge in [0.15, 0.2) is 0 Å². The topological polar surface area (TPSA) is 60.2 Å². The maximum Gasteiger partial charge on any atom is 0.150 e. The summed E-state index contributed by atoms with van der Waals surface area (Å²) >= 11 is 0. The van der Waals surface area contributed by atoms with Crippen molar-refractivity contribution in [3.63, 3.8) is 0 Å². The number of hydrogen-bond acceptors (Lipinski definition) is 5. The molecule has 0 spiro atoms. The third kappa shape index (κ3) is 6.08. The number of carbonyl (C=O) groups excluding carboxylic acids is 1. The zero-order valence-electron chi connectivity index (χ0n) is 24.2. The number of pyridine rings is 1. The third-order valence-corrected chi connectivity index (χ3v) is 8.98. The summed E-state index contributed by atoms with van der Waals surface area (Å²) in [6, 6.07) is 19.9. The summed E-state index contributed by atoms with van der Waals surface area (Å²) in [6.07, 6.45) is 10.8. The predicted molar refractivity (Wildman–Crippen MR) is 160 cm³/mol. The second kappa shape index (κ2) is 13.3. The van der Waals surface area contributed by atoms with Gasteiger partial charge in [-0.2, -0.15) is 5.26 Å². The second-order valence-corrected chi connectivity index (χ2v) is 11.0. The molecule has 0 N–H and O–H groups in total. The molecule has 1 atom stereocenters. The van der Waals surface area contributed by atoms with Crippen LogP contribution < -0.4 is 0 Å². The molecule has 5 rings (SSSR count). The van der Waals surface area contributed by atoms with E-state index in [1.807, 2.05) is 32.0 Å². The summed E-state index contributed by atoms with van der Waals surface area (Å²) in [5.41, 5.74) is 3.51. The summed E-state index contributed by atoms with van der Waals surface area (Å²) in [5, 5.41) is 12.5. The molecule has 5 nitrogen and oxygen atoms in total. The Labute approximate surface area is 234 Å². The fourth-order valence-electron chi connectivity index (χ4n) is 6.60. The van der Waals surface area contributed by atoms with E-state index < -0.39 is 5.41 Å². The first-order valence-corrected chi connectivity index (χ1v) is 14.8. The smallest absolute Gasteiger partial charge is 0.150 e. The Bertz CT molecular complexity index is 1270. The molecule has 1 aliphatic heterocycles. The summed E-state index contributed by atoms with van der Waals surface area (Å²) in [7, 11) is 2.23. The number of piperidine rings is 1. The Morgan fingerprint density at radius 3 is 2.36 bits per heavy atom. The first-order chi connectivity index (χ1) is 19.1. The van der Waals surface area contributed by atoms with Crippen LogP contribution in [0.4, 0.5) is 0 Å². The van der Waals surface area contributed by atoms with Crippen LogP contribution in [0.2, 0.25) is 0 Å². The number of nitriles is 1. The molecule has 1 saturated carbocycles. The van der Waals surface area contributed by atoms with Gasteiger partial charge in [0, 0.05) is 43.5 Å². The number of aldehydes is 1. The van der Waals surface area contributed by atoms with Crippen LogP contribution in [-0.2, 0) is 12.0 Å². The molecule has 1 saturated heterocycles. The molecule has 5 heteroatoms. The lowest BCUT2D eigenvalue weighted by atomic mass is 9.76. The van der Waals surface area contributed by atoms with Crippen molar-refractivity contribution in [1.82, 2.24) is 14.8 Å². The Balaban J connectivity index is 0.00000172. The van der Waals surface area contributed by atoms with Crippen LogP contribution in [0.5, 0.6) is 0 Å². The van der Waals surface area contributed by atoms with Gasteiger partial charge in [0.05, 0.1) is 11.8 Å². The molecule has 39 heavy (non-hydrogen) atoms. The Morgan fingerprint density at radius 2 is 1.74 bits per heavy atom. The van der Waals surface area contributed by atoms with Crippen molar-refractivity contribution in [2.24, 2.45) is 0 Å². The standard InChI is InChI=1S/C32H38N4O.C2H6/c1-24(35(2)27-10-4-3-5-11-27)31-26(22-37)20-25(28-12-6-7-13-29(28)31)21-36-18-15-32(23-33,16-19-36)30-14-8-9-17-34-30;1-2/h6-9,12-14,17,20,22,24,27H,3-5,10-11,15-16,18-19,21H2,1-2H3;1-2H3. The highest BCUT2D eigenvalue weighted by Gasteiger charge is 2.37. The van der Waals surface area contributed by atoms with Crippen LogP contribution in [0.25, 0.3) is 10.8 Å².